The average Bonchev–Trinajstić information content (AvgIpc) is 2.27. The summed E-state index contributed by atoms with van der Waals surface area (Å²) in [6, 6.07) is 0.824. The van der Waals surface area contributed by atoms with Gasteiger partial charge in [-0.25, -0.2) is 0 Å². The maximum absolute atomic E-state index is 10.8. The molecule has 0 saturated carbocycles. The van der Waals surface area contributed by atoms with Crippen LogP contribution in [-0.4, -0.2) is 24.1 Å². The van der Waals surface area contributed by atoms with Gasteiger partial charge in [0.05, 0.1) is 24.1 Å². The molecule has 0 aliphatic carbocycles. The van der Waals surface area contributed by atoms with Crippen LogP contribution in [-0.2, 0) is 0 Å². The molecule has 0 N–H and O–H groups in total. The van der Waals surface area contributed by atoms with Crippen molar-refractivity contribution in [2.75, 3.05) is 14.2 Å². The van der Waals surface area contributed by atoms with Crippen LogP contribution in [0.2, 0.25) is 0 Å². The Labute approximate surface area is 96.1 Å². The first-order valence-electron chi connectivity index (χ1n) is 4.48. The quantitative estimate of drug-likeness (QED) is 0.589. The predicted octanol–water partition coefficient (Wildman–Crippen LogP) is 1.83. The zero-order valence-electron chi connectivity index (χ0n) is 9.42. The highest BCUT2D eigenvalue weighted by Crippen LogP contribution is 2.43. The van der Waals surface area contributed by atoms with Gasteiger partial charge in [-0.2, -0.15) is 0 Å². The number of benzene rings is 1. The Morgan fingerprint density at radius 1 is 1.00 bits per heavy atom. The summed E-state index contributed by atoms with van der Waals surface area (Å²) in [5.74, 6) is -0.0881. The topological polar surface area (TPSA) is 105 Å². The zero-order chi connectivity index (χ0) is 13.2. The number of methoxy groups -OCH3 is 2. The van der Waals surface area contributed by atoms with Gasteiger partial charge in [-0.15, -0.1) is 0 Å². The molecule has 0 bridgehead atoms. The van der Waals surface area contributed by atoms with Gasteiger partial charge in [0.15, 0.2) is 0 Å². The molecule has 0 heterocycles. The van der Waals surface area contributed by atoms with Crippen molar-refractivity contribution in [1.82, 2.24) is 0 Å². The van der Waals surface area contributed by atoms with Crippen LogP contribution in [0.3, 0.4) is 0 Å². The second-order valence-electron chi connectivity index (χ2n) is 3.12. The summed E-state index contributed by atoms with van der Waals surface area (Å²) >= 11 is 0. The molecule has 0 fully saturated rings. The molecule has 17 heavy (non-hydrogen) atoms. The highest BCUT2D eigenvalue weighted by molar-refractivity contribution is 5.66. The second kappa shape index (κ2) is 4.64. The van der Waals surface area contributed by atoms with Crippen LogP contribution < -0.4 is 9.47 Å². The van der Waals surface area contributed by atoms with Crippen LogP contribution in [0, 0.1) is 27.2 Å². The number of rotatable bonds is 4. The molecule has 0 aromatic heterocycles. The lowest BCUT2D eigenvalue weighted by Gasteiger charge is -2.10. The summed E-state index contributed by atoms with van der Waals surface area (Å²) in [4.78, 5) is 20.1. The molecule has 8 nitrogen and oxygen atoms in total. The molecular weight excluding hydrogens is 232 g/mol. The summed E-state index contributed by atoms with van der Waals surface area (Å²) in [7, 11) is 2.50. The fourth-order valence-corrected chi connectivity index (χ4v) is 1.53. The molecule has 92 valence electrons. The van der Waals surface area contributed by atoms with Crippen molar-refractivity contribution in [2.45, 2.75) is 6.92 Å². The number of nitro benzene ring substituents is 2. The van der Waals surface area contributed by atoms with Gasteiger partial charge in [0.25, 0.3) is 0 Å². The largest absolute Gasteiger partial charge is 0.490 e. The Balaban J connectivity index is 3.66. The molecule has 0 aliphatic rings. The number of nitro groups is 2. The Morgan fingerprint density at radius 2 is 1.35 bits per heavy atom. The number of nitrogens with zero attached hydrogens (tertiary/aromatic N) is 2. The fourth-order valence-electron chi connectivity index (χ4n) is 1.53. The SMILES string of the molecule is COc1c([N+](=O)[O-])cc([N+](=O)[O-])c(OC)c1C. The molecule has 0 unspecified atom stereocenters. The van der Waals surface area contributed by atoms with Gasteiger partial charge in [-0.05, 0) is 6.92 Å². The van der Waals surface area contributed by atoms with Gasteiger partial charge in [0, 0.05) is 5.56 Å². The van der Waals surface area contributed by atoms with Crippen molar-refractivity contribution < 1.29 is 19.3 Å². The van der Waals surface area contributed by atoms with E-state index >= 15 is 0 Å². The molecule has 0 saturated heterocycles. The minimum Gasteiger partial charge on any atom is -0.490 e. The molecule has 0 atom stereocenters. The molecule has 8 heteroatoms. The van der Waals surface area contributed by atoms with E-state index in [2.05, 4.69) is 0 Å². The van der Waals surface area contributed by atoms with E-state index in [9.17, 15) is 20.2 Å². The van der Waals surface area contributed by atoms with Gasteiger partial charge in [-0.1, -0.05) is 0 Å². The van der Waals surface area contributed by atoms with E-state index in [1.54, 1.807) is 0 Å². The molecule has 0 radical (unpaired) electrons. The summed E-state index contributed by atoms with van der Waals surface area (Å²) in [6.45, 7) is 1.46. The molecule has 0 amide bonds. The van der Waals surface area contributed by atoms with E-state index in [4.69, 9.17) is 9.47 Å². The van der Waals surface area contributed by atoms with Crippen LogP contribution in [0.4, 0.5) is 11.4 Å². The number of hydrogen-bond donors (Lipinski definition) is 0. The Kier molecular flexibility index (Phi) is 3.46. The lowest BCUT2D eigenvalue weighted by atomic mass is 10.1. The third-order valence-corrected chi connectivity index (χ3v) is 2.22. The van der Waals surface area contributed by atoms with E-state index in [1.807, 2.05) is 0 Å². The Morgan fingerprint density at radius 3 is 1.59 bits per heavy atom. The first kappa shape index (κ1) is 12.7. The van der Waals surface area contributed by atoms with E-state index in [0.717, 1.165) is 6.07 Å². The van der Waals surface area contributed by atoms with Gasteiger partial charge in [0.1, 0.15) is 6.07 Å². The van der Waals surface area contributed by atoms with E-state index < -0.39 is 21.2 Å². The Hall–Kier alpha value is -2.38. The average molecular weight is 242 g/mol. The van der Waals surface area contributed by atoms with Gasteiger partial charge in [-0.3, -0.25) is 20.2 Å². The van der Waals surface area contributed by atoms with Crippen molar-refractivity contribution >= 4 is 11.4 Å². The number of ether oxygens (including phenoxy) is 2. The van der Waals surface area contributed by atoms with Crippen LogP contribution in [0.15, 0.2) is 6.07 Å². The molecule has 0 aliphatic heterocycles. The maximum Gasteiger partial charge on any atom is 0.318 e. The van der Waals surface area contributed by atoms with E-state index in [1.165, 1.54) is 21.1 Å². The van der Waals surface area contributed by atoms with Crippen LogP contribution >= 0.6 is 0 Å². The van der Waals surface area contributed by atoms with E-state index in [-0.39, 0.29) is 17.1 Å². The first-order chi connectivity index (χ1) is 7.93. The third kappa shape index (κ3) is 2.10. The van der Waals surface area contributed by atoms with E-state index in [0.29, 0.717) is 0 Å². The molecule has 1 aromatic carbocycles. The lowest BCUT2D eigenvalue weighted by Crippen LogP contribution is -2.02. The van der Waals surface area contributed by atoms with Crippen molar-refractivity contribution in [3.05, 3.63) is 31.9 Å². The molecule has 1 rings (SSSR count). The van der Waals surface area contributed by atoms with Crippen LogP contribution in [0.25, 0.3) is 0 Å². The van der Waals surface area contributed by atoms with Gasteiger partial charge >= 0.3 is 11.4 Å². The molecular formula is C9H10N2O6. The fraction of sp³-hybridized carbons (Fsp3) is 0.333. The van der Waals surface area contributed by atoms with Crippen LogP contribution in [0.1, 0.15) is 5.56 Å². The molecule has 0 spiro atoms. The Bertz CT molecular complexity index is 445. The highest BCUT2D eigenvalue weighted by Gasteiger charge is 2.29. The lowest BCUT2D eigenvalue weighted by molar-refractivity contribution is -0.395. The van der Waals surface area contributed by atoms with Crippen molar-refractivity contribution in [3.63, 3.8) is 0 Å². The second-order valence-corrected chi connectivity index (χ2v) is 3.12. The zero-order valence-corrected chi connectivity index (χ0v) is 9.42. The smallest absolute Gasteiger partial charge is 0.318 e. The predicted molar refractivity (Wildman–Crippen MR) is 57.6 cm³/mol. The molecule has 1 aromatic rings. The summed E-state index contributed by atoms with van der Waals surface area (Å²) in [6.07, 6.45) is 0. The first-order valence-corrected chi connectivity index (χ1v) is 4.48. The van der Waals surface area contributed by atoms with Crippen molar-refractivity contribution in [3.8, 4) is 11.5 Å². The maximum atomic E-state index is 10.8. The normalized spacial score (nSPS) is 9.82. The van der Waals surface area contributed by atoms with Crippen LogP contribution in [0.5, 0.6) is 11.5 Å². The standard InChI is InChI=1S/C9H10N2O6/c1-5-8(16-2)6(10(12)13)4-7(11(14)15)9(5)17-3/h4H,1-3H3. The highest BCUT2D eigenvalue weighted by atomic mass is 16.6. The van der Waals surface area contributed by atoms with Crippen molar-refractivity contribution in [1.29, 1.82) is 0 Å². The minimum atomic E-state index is -0.738. The van der Waals surface area contributed by atoms with Gasteiger partial charge in [0.2, 0.25) is 11.5 Å². The summed E-state index contributed by atoms with van der Waals surface area (Å²) in [5, 5.41) is 21.5. The summed E-state index contributed by atoms with van der Waals surface area (Å²) in [5.41, 5.74) is -0.703. The van der Waals surface area contributed by atoms with Gasteiger partial charge < -0.3 is 9.47 Å². The monoisotopic (exact) mass is 242 g/mol. The van der Waals surface area contributed by atoms with Crippen molar-refractivity contribution in [2.24, 2.45) is 0 Å². The minimum absolute atomic E-state index is 0.0440. The number of hydrogen-bond acceptors (Lipinski definition) is 6. The summed E-state index contributed by atoms with van der Waals surface area (Å²) < 4.78 is 9.74. The third-order valence-electron chi connectivity index (χ3n) is 2.22.